The van der Waals surface area contributed by atoms with Gasteiger partial charge in [-0.1, -0.05) is 23.4 Å². The van der Waals surface area contributed by atoms with E-state index in [-0.39, 0.29) is 29.6 Å². The molecule has 1 aliphatic heterocycles. The first-order chi connectivity index (χ1) is 15.5. The van der Waals surface area contributed by atoms with Crippen LogP contribution >= 0.6 is 11.6 Å². The fraction of sp³-hybridized carbons (Fsp3) is 0.591. The minimum Gasteiger partial charge on any atom is -0.478 e. The Morgan fingerprint density at radius 1 is 1.31 bits per heavy atom. The number of rotatable bonds is 9. The molecule has 4 N–H and O–H groups in total. The third-order valence-corrected chi connectivity index (χ3v) is 5.56. The van der Waals surface area contributed by atoms with Crippen molar-refractivity contribution in [1.82, 2.24) is 9.97 Å². The van der Waals surface area contributed by atoms with Gasteiger partial charge in [0.05, 0.1) is 25.2 Å². The summed E-state index contributed by atoms with van der Waals surface area (Å²) in [4.78, 5) is 13.2. The van der Waals surface area contributed by atoms with Gasteiger partial charge in [-0.2, -0.15) is 9.97 Å². The Morgan fingerprint density at radius 2 is 2.16 bits per heavy atom. The van der Waals surface area contributed by atoms with Crippen molar-refractivity contribution in [2.75, 3.05) is 44.1 Å². The van der Waals surface area contributed by atoms with E-state index in [0.29, 0.717) is 62.2 Å². The van der Waals surface area contributed by atoms with Gasteiger partial charge in [0.2, 0.25) is 11.8 Å². The van der Waals surface area contributed by atoms with Crippen molar-refractivity contribution >= 4 is 29.6 Å². The third-order valence-electron chi connectivity index (χ3n) is 5.29. The zero-order chi connectivity index (χ0) is 22.9. The molecule has 3 rings (SSSR count). The van der Waals surface area contributed by atoms with Crippen molar-refractivity contribution in [3.05, 3.63) is 22.7 Å². The number of aliphatic hydroxyl groups is 2. The van der Waals surface area contributed by atoms with Crippen LogP contribution in [0.2, 0.25) is 5.15 Å². The van der Waals surface area contributed by atoms with Crippen LogP contribution in [0.25, 0.3) is 0 Å². The topological polar surface area (TPSA) is 121 Å². The number of hydrogen-bond acceptors (Lipinski definition) is 9. The Balaban J connectivity index is 1.80. The summed E-state index contributed by atoms with van der Waals surface area (Å²) in [5, 5.41) is 26.3. The summed E-state index contributed by atoms with van der Waals surface area (Å²) in [5.74, 6) is 7.51. The van der Waals surface area contributed by atoms with Crippen molar-refractivity contribution in [3.63, 3.8) is 0 Å². The predicted molar refractivity (Wildman–Crippen MR) is 124 cm³/mol. The number of hydrogen-bond donors (Lipinski definition) is 4. The van der Waals surface area contributed by atoms with Crippen molar-refractivity contribution in [3.8, 4) is 11.8 Å². The molecule has 0 amide bonds. The largest absolute Gasteiger partial charge is 0.478 e. The van der Waals surface area contributed by atoms with Crippen LogP contribution in [0, 0.1) is 23.7 Å². The molecule has 1 aliphatic carbocycles. The maximum absolute atomic E-state index is 10.1. The third kappa shape index (κ3) is 6.56. The first-order valence-electron chi connectivity index (χ1n) is 10.8. The highest BCUT2D eigenvalue weighted by Crippen LogP contribution is 2.30. The molecule has 32 heavy (non-hydrogen) atoms. The number of nitrogens with zero attached hydrogens (tertiary/aromatic N) is 3. The number of halogens is 1. The number of aliphatic hydroxyl groups excluding tert-OH is 2. The van der Waals surface area contributed by atoms with Gasteiger partial charge in [0, 0.05) is 38.4 Å². The number of aliphatic imine (C=N–C) groups is 1. The fourth-order valence-electron chi connectivity index (χ4n) is 3.61. The molecule has 0 spiro atoms. The number of methoxy groups -OCH3 is 1. The molecule has 4 atom stereocenters. The quantitative estimate of drug-likeness (QED) is 0.249. The first kappa shape index (κ1) is 24.3. The summed E-state index contributed by atoms with van der Waals surface area (Å²) in [6.07, 6.45) is 4.94. The second-order valence-corrected chi connectivity index (χ2v) is 8.03. The summed E-state index contributed by atoms with van der Waals surface area (Å²) < 4.78 is 10.4. The molecular formula is C22H30ClN5O4. The molecule has 1 unspecified atom stereocenters. The second kappa shape index (κ2) is 12.0. The van der Waals surface area contributed by atoms with E-state index in [9.17, 15) is 10.2 Å². The minimum absolute atomic E-state index is 0.0569. The fourth-order valence-corrected chi connectivity index (χ4v) is 3.83. The summed E-state index contributed by atoms with van der Waals surface area (Å²) in [7, 11) is 1.62. The van der Waals surface area contributed by atoms with E-state index in [0.717, 1.165) is 0 Å². The zero-order valence-electron chi connectivity index (χ0n) is 18.3. The van der Waals surface area contributed by atoms with Crippen molar-refractivity contribution in [1.29, 1.82) is 0 Å². The molecule has 0 bridgehead atoms. The molecule has 2 aliphatic rings. The normalized spacial score (nSPS) is 24.5. The van der Waals surface area contributed by atoms with Crippen LogP contribution in [-0.4, -0.2) is 72.0 Å². The molecule has 10 heteroatoms. The highest BCUT2D eigenvalue weighted by atomic mass is 35.5. The molecule has 9 nitrogen and oxygen atoms in total. The molecule has 1 aromatic heterocycles. The lowest BCUT2D eigenvalue weighted by atomic mass is 10.1. The molecule has 1 fully saturated rings. The summed E-state index contributed by atoms with van der Waals surface area (Å²) in [6, 6.07) is -0.0616. The molecule has 1 aromatic rings. The smallest absolute Gasteiger partial charge is 0.226 e. The van der Waals surface area contributed by atoms with Gasteiger partial charge < -0.3 is 30.3 Å². The molecule has 1 saturated carbocycles. The van der Waals surface area contributed by atoms with Gasteiger partial charge in [-0.25, -0.2) is 4.99 Å². The Hall–Kier alpha value is -2.38. The summed E-state index contributed by atoms with van der Waals surface area (Å²) in [6.45, 7) is 3.45. The van der Waals surface area contributed by atoms with Crippen LogP contribution in [-0.2, 0) is 9.47 Å². The van der Waals surface area contributed by atoms with Crippen molar-refractivity contribution < 1.29 is 19.7 Å². The maximum Gasteiger partial charge on any atom is 0.226 e. The van der Waals surface area contributed by atoms with Crippen molar-refractivity contribution in [2.24, 2.45) is 16.8 Å². The highest BCUT2D eigenvalue weighted by Gasteiger charge is 2.33. The number of allylic oxidation sites excluding steroid dienone is 1. The van der Waals surface area contributed by atoms with Gasteiger partial charge in [0.15, 0.2) is 5.15 Å². The maximum atomic E-state index is 10.1. The van der Waals surface area contributed by atoms with Gasteiger partial charge in [-0.05, 0) is 32.3 Å². The Kier molecular flexibility index (Phi) is 9.11. The highest BCUT2D eigenvalue weighted by molar-refractivity contribution is 6.31. The summed E-state index contributed by atoms with van der Waals surface area (Å²) in [5.41, 5.74) is 0.485. The van der Waals surface area contributed by atoms with Crippen LogP contribution in [0.1, 0.15) is 31.7 Å². The summed E-state index contributed by atoms with van der Waals surface area (Å²) >= 11 is 6.48. The van der Waals surface area contributed by atoms with Crippen LogP contribution in [0.15, 0.2) is 17.0 Å². The first-order valence-corrected chi connectivity index (χ1v) is 11.2. The van der Waals surface area contributed by atoms with E-state index < -0.39 is 6.10 Å². The number of anilines is 2. The standard InChI is InChI=1S/C22H30ClN5O4/c1-3-32-19-7-5-14(12-25-19)4-6-17-20(23)27-22(24-8-9-31-2)28-21(17)26-16-10-15(13-29)18(30)11-16/h7,12,14-16,18,29-30H,3,5,8-11,13H2,1-2H3,(H2,24,26,27,28)/t14?,15-,16-,18+/m1/s1. The lowest BCUT2D eigenvalue weighted by Crippen LogP contribution is -2.20. The average Bonchev–Trinajstić information content (AvgIpc) is 3.13. The van der Waals surface area contributed by atoms with Crippen LogP contribution in [0.5, 0.6) is 0 Å². The monoisotopic (exact) mass is 463 g/mol. The van der Waals surface area contributed by atoms with Gasteiger partial charge in [-0.3, -0.25) is 0 Å². The van der Waals surface area contributed by atoms with E-state index >= 15 is 0 Å². The van der Waals surface area contributed by atoms with Gasteiger partial charge in [-0.15, -0.1) is 0 Å². The lowest BCUT2D eigenvalue weighted by molar-refractivity contribution is 0.0908. The van der Waals surface area contributed by atoms with Crippen LogP contribution in [0.4, 0.5) is 11.8 Å². The molecule has 0 radical (unpaired) electrons. The van der Waals surface area contributed by atoms with Crippen molar-refractivity contribution in [2.45, 2.75) is 38.3 Å². The predicted octanol–water partition coefficient (Wildman–Crippen LogP) is 2.05. The van der Waals surface area contributed by atoms with Crippen LogP contribution < -0.4 is 10.6 Å². The second-order valence-electron chi connectivity index (χ2n) is 7.67. The van der Waals surface area contributed by atoms with Crippen LogP contribution in [0.3, 0.4) is 0 Å². The van der Waals surface area contributed by atoms with Gasteiger partial charge >= 0.3 is 0 Å². The lowest BCUT2D eigenvalue weighted by Gasteiger charge is -2.16. The Labute approximate surface area is 193 Å². The minimum atomic E-state index is -0.562. The van der Waals surface area contributed by atoms with E-state index in [2.05, 4.69) is 37.4 Å². The average molecular weight is 464 g/mol. The molecular weight excluding hydrogens is 434 g/mol. The molecule has 2 heterocycles. The van der Waals surface area contributed by atoms with E-state index in [1.165, 1.54) is 0 Å². The van der Waals surface area contributed by atoms with Gasteiger partial charge in [0.25, 0.3) is 0 Å². The van der Waals surface area contributed by atoms with E-state index in [1.807, 2.05) is 13.0 Å². The molecule has 0 aromatic carbocycles. The van der Waals surface area contributed by atoms with Gasteiger partial charge in [0.1, 0.15) is 11.4 Å². The Bertz CT molecular complexity index is 898. The SMILES string of the molecule is CCOC1=CCC(C#Cc2c(Cl)nc(NCCOC)nc2N[C@@H]2C[C@H](CO)[C@@H](O)C2)C=N1. The Morgan fingerprint density at radius 3 is 2.81 bits per heavy atom. The molecule has 0 saturated heterocycles. The van der Waals surface area contributed by atoms with E-state index in [1.54, 1.807) is 13.3 Å². The number of aromatic nitrogens is 2. The number of ether oxygens (including phenoxy) is 2. The number of nitrogens with one attached hydrogen (secondary N) is 2. The van der Waals surface area contributed by atoms with E-state index in [4.69, 9.17) is 21.1 Å². The zero-order valence-corrected chi connectivity index (χ0v) is 19.1. The molecule has 174 valence electrons.